The summed E-state index contributed by atoms with van der Waals surface area (Å²) in [5, 5.41) is 11.3. The predicted octanol–water partition coefficient (Wildman–Crippen LogP) is 6.09. The Morgan fingerprint density at radius 1 is 0.974 bits per heavy atom. The normalized spacial score (nSPS) is 16.8. The molecule has 1 aliphatic rings. The van der Waals surface area contributed by atoms with E-state index in [0.717, 1.165) is 17.5 Å². The van der Waals surface area contributed by atoms with E-state index in [1.807, 2.05) is 55.5 Å². The van der Waals surface area contributed by atoms with Crippen LogP contribution in [0.4, 0.5) is 0 Å². The van der Waals surface area contributed by atoms with Gasteiger partial charge < -0.3 is 19.5 Å². The molecule has 6 nitrogen and oxygen atoms in total. The molecule has 4 rings (SSSR count). The van der Waals surface area contributed by atoms with Crippen molar-refractivity contribution in [2.75, 3.05) is 20.3 Å². The first-order valence-electron chi connectivity index (χ1n) is 13.0. The van der Waals surface area contributed by atoms with E-state index in [-0.39, 0.29) is 11.3 Å². The second-order valence-corrected chi connectivity index (χ2v) is 10.0. The first-order valence-corrected chi connectivity index (χ1v) is 13.0. The number of ether oxygens (including phenoxy) is 2. The lowest BCUT2D eigenvalue weighted by atomic mass is 9.94. The van der Waals surface area contributed by atoms with Crippen LogP contribution in [0.3, 0.4) is 0 Å². The summed E-state index contributed by atoms with van der Waals surface area (Å²) in [5.74, 6) is 0.0956. The van der Waals surface area contributed by atoms with Crippen LogP contribution >= 0.6 is 0 Å². The van der Waals surface area contributed by atoms with Crippen LogP contribution in [-0.2, 0) is 16.0 Å². The third-order valence-corrected chi connectivity index (χ3v) is 6.81. The van der Waals surface area contributed by atoms with E-state index < -0.39 is 17.7 Å². The Bertz CT molecular complexity index is 1310. The van der Waals surface area contributed by atoms with E-state index in [9.17, 15) is 14.7 Å². The highest BCUT2D eigenvalue weighted by Gasteiger charge is 2.46. The van der Waals surface area contributed by atoms with Gasteiger partial charge in [-0.1, -0.05) is 80.1 Å². The first-order chi connectivity index (χ1) is 18.3. The lowest BCUT2D eigenvalue weighted by molar-refractivity contribution is -0.139. The number of Topliss-reactive ketones (excluding diaryl/α,β-unsaturated/α-hetero) is 1. The molecule has 0 saturated carbocycles. The van der Waals surface area contributed by atoms with Gasteiger partial charge in [0.2, 0.25) is 0 Å². The number of aryl methyl sites for hydroxylation is 1. The van der Waals surface area contributed by atoms with Crippen LogP contribution in [0.2, 0.25) is 0 Å². The van der Waals surface area contributed by atoms with Gasteiger partial charge in [-0.25, -0.2) is 0 Å². The standard InChI is InChI=1S/C32H35NO5/c1-21(2)17-19-38-26-15-14-25(20-27(26)37-4)29-28(30(34)24-12-10-22(3)11-13-24)31(35)32(36)33(29)18-16-23-8-6-5-7-9-23/h5-15,20-21,29,34H,16-19H2,1-4H3. The summed E-state index contributed by atoms with van der Waals surface area (Å²) < 4.78 is 11.6. The molecule has 1 N–H and O–H groups in total. The quantitative estimate of drug-likeness (QED) is 0.202. The molecule has 1 unspecified atom stereocenters. The zero-order chi connectivity index (χ0) is 27.2. The number of carbonyl (C=O) groups is 2. The molecule has 1 atom stereocenters. The third-order valence-electron chi connectivity index (χ3n) is 6.81. The maximum absolute atomic E-state index is 13.4. The zero-order valence-electron chi connectivity index (χ0n) is 22.4. The summed E-state index contributed by atoms with van der Waals surface area (Å²) in [7, 11) is 1.56. The Kier molecular flexibility index (Phi) is 8.52. The van der Waals surface area contributed by atoms with Gasteiger partial charge in [0.05, 0.1) is 25.3 Å². The Morgan fingerprint density at radius 2 is 1.68 bits per heavy atom. The minimum atomic E-state index is -0.765. The average Bonchev–Trinajstić information content (AvgIpc) is 3.17. The minimum Gasteiger partial charge on any atom is -0.507 e. The second kappa shape index (κ2) is 12.0. The lowest BCUT2D eigenvalue weighted by Crippen LogP contribution is -2.31. The van der Waals surface area contributed by atoms with Crippen molar-refractivity contribution in [3.63, 3.8) is 0 Å². The van der Waals surface area contributed by atoms with E-state index >= 15 is 0 Å². The number of hydrogen-bond donors (Lipinski definition) is 1. The highest BCUT2D eigenvalue weighted by molar-refractivity contribution is 6.46. The van der Waals surface area contributed by atoms with Gasteiger partial charge in [-0.05, 0) is 48.9 Å². The van der Waals surface area contributed by atoms with Gasteiger partial charge >= 0.3 is 0 Å². The molecule has 1 heterocycles. The van der Waals surface area contributed by atoms with E-state index in [1.54, 1.807) is 36.3 Å². The molecule has 0 radical (unpaired) electrons. The number of nitrogens with zero attached hydrogens (tertiary/aromatic N) is 1. The number of ketones is 1. The summed E-state index contributed by atoms with van der Waals surface area (Å²) >= 11 is 0. The van der Waals surface area contributed by atoms with Crippen LogP contribution in [0.5, 0.6) is 11.5 Å². The Hall–Kier alpha value is -4.06. The highest BCUT2D eigenvalue weighted by atomic mass is 16.5. The molecule has 0 aliphatic carbocycles. The molecule has 3 aromatic rings. The van der Waals surface area contributed by atoms with E-state index in [4.69, 9.17) is 9.47 Å². The van der Waals surface area contributed by atoms with Crippen LogP contribution in [0.25, 0.3) is 5.76 Å². The van der Waals surface area contributed by atoms with E-state index in [0.29, 0.717) is 48.1 Å². The topological polar surface area (TPSA) is 76.1 Å². The number of aliphatic hydroxyl groups excluding tert-OH is 1. The molecule has 6 heteroatoms. The molecule has 1 amide bonds. The van der Waals surface area contributed by atoms with Gasteiger partial charge in [0.1, 0.15) is 5.76 Å². The molecule has 1 fully saturated rings. The number of aliphatic hydroxyl groups is 1. The van der Waals surface area contributed by atoms with Crippen LogP contribution in [-0.4, -0.2) is 42.0 Å². The van der Waals surface area contributed by atoms with E-state index in [2.05, 4.69) is 13.8 Å². The molecule has 0 bridgehead atoms. The average molecular weight is 514 g/mol. The number of likely N-dealkylation sites (tertiary alicyclic amines) is 1. The molecular weight excluding hydrogens is 478 g/mol. The van der Waals surface area contributed by atoms with Crippen molar-refractivity contribution in [1.82, 2.24) is 4.90 Å². The first kappa shape index (κ1) is 27.0. The SMILES string of the molecule is COc1cc(C2C(=C(O)c3ccc(C)cc3)C(=O)C(=O)N2CCc2ccccc2)ccc1OCCC(C)C. The zero-order valence-corrected chi connectivity index (χ0v) is 22.4. The summed E-state index contributed by atoms with van der Waals surface area (Å²) in [5.41, 5.74) is 3.31. The fourth-order valence-corrected chi connectivity index (χ4v) is 4.60. The van der Waals surface area contributed by atoms with Crippen molar-refractivity contribution in [1.29, 1.82) is 0 Å². The molecular formula is C32H35NO5. The van der Waals surface area contributed by atoms with Gasteiger partial charge in [0, 0.05) is 12.1 Å². The van der Waals surface area contributed by atoms with Crippen molar-refractivity contribution < 1.29 is 24.2 Å². The number of carbonyl (C=O) groups excluding carboxylic acids is 2. The number of hydrogen-bond acceptors (Lipinski definition) is 5. The molecule has 3 aromatic carbocycles. The van der Waals surface area contributed by atoms with Crippen molar-refractivity contribution in [2.24, 2.45) is 5.92 Å². The van der Waals surface area contributed by atoms with Gasteiger partial charge in [-0.3, -0.25) is 9.59 Å². The second-order valence-electron chi connectivity index (χ2n) is 10.0. The predicted molar refractivity (Wildman–Crippen MR) is 148 cm³/mol. The van der Waals surface area contributed by atoms with Gasteiger partial charge in [-0.15, -0.1) is 0 Å². The molecule has 1 saturated heterocycles. The summed E-state index contributed by atoms with van der Waals surface area (Å²) in [6.45, 7) is 7.09. The van der Waals surface area contributed by atoms with Crippen LogP contribution in [0, 0.1) is 12.8 Å². The number of amides is 1. The summed E-state index contributed by atoms with van der Waals surface area (Å²) in [6, 6.07) is 21.7. The molecule has 38 heavy (non-hydrogen) atoms. The fraction of sp³-hybridized carbons (Fsp3) is 0.312. The molecule has 1 aliphatic heterocycles. The Morgan fingerprint density at radius 3 is 2.34 bits per heavy atom. The van der Waals surface area contributed by atoms with Crippen LogP contribution in [0.1, 0.15) is 48.6 Å². The summed E-state index contributed by atoms with van der Waals surface area (Å²) in [6.07, 6.45) is 1.48. The maximum atomic E-state index is 13.4. The van der Waals surface area contributed by atoms with Gasteiger partial charge in [0.25, 0.3) is 11.7 Å². The highest BCUT2D eigenvalue weighted by Crippen LogP contribution is 2.42. The number of rotatable bonds is 10. The smallest absolute Gasteiger partial charge is 0.295 e. The van der Waals surface area contributed by atoms with Gasteiger partial charge in [0.15, 0.2) is 11.5 Å². The molecule has 0 spiro atoms. The monoisotopic (exact) mass is 513 g/mol. The van der Waals surface area contributed by atoms with Crippen LogP contribution < -0.4 is 9.47 Å². The number of benzene rings is 3. The van der Waals surface area contributed by atoms with Crippen molar-refractivity contribution in [3.8, 4) is 11.5 Å². The Labute approximate surface area is 224 Å². The van der Waals surface area contributed by atoms with Crippen molar-refractivity contribution in [2.45, 2.75) is 39.7 Å². The molecule has 198 valence electrons. The third kappa shape index (κ3) is 5.91. The number of methoxy groups -OCH3 is 1. The largest absolute Gasteiger partial charge is 0.507 e. The lowest BCUT2D eigenvalue weighted by Gasteiger charge is -2.26. The Balaban J connectivity index is 1.76. The fourth-order valence-electron chi connectivity index (χ4n) is 4.60. The van der Waals surface area contributed by atoms with Crippen molar-refractivity contribution >= 4 is 17.4 Å². The minimum absolute atomic E-state index is 0.0717. The van der Waals surface area contributed by atoms with Gasteiger partial charge in [-0.2, -0.15) is 0 Å². The maximum Gasteiger partial charge on any atom is 0.295 e. The summed E-state index contributed by atoms with van der Waals surface area (Å²) in [4.78, 5) is 28.2. The van der Waals surface area contributed by atoms with Crippen LogP contribution in [0.15, 0.2) is 78.4 Å². The molecule has 0 aromatic heterocycles. The van der Waals surface area contributed by atoms with Crippen molar-refractivity contribution in [3.05, 3.63) is 101 Å². The van der Waals surface area contributed by atoms with E-state index in [1.165, 1.54) is 0 Å².